The van der Waals surface area contributed by atoms with Crippen LogP contribution in [-0.4, -0.2) is 25.7 Å². The molecule has 0 aromatic carbocycles. The van der Waals surface area contributed by atoms with Crippen molar-refractivity contribution in [2.24, 2.45) is 7.05 Å². The molecule has 3 aromatic heterocycles. The maximum atomic E-state index is 12.2. The molecule has 0 bridgehead atoms. The second kappa shape index (κ2) is 6.09. The Morgan fingerprint density at radius 1 is 1.26 bits per heavy atom. The van der Waals surface area contributed by atoms with Crippen LogP contribution in [0.4, 0.5) is 5.13 Å². The van der Waals surface area contributed by atoms with E-state index < -0.39 is 5.91 Å². The van der Waals surface area contributed by atoms with Crippen molar-refractivity contribution < 1.29 is 4.79 Å². The number of amides is 1. The highest BCUT2D eigenvalue weighted by atomic mass is 32.1. The number of carbonyl (C=O) groups excluding carboxylic acids is 1. The number of thiazole rings is 1. The Balaban J connectivity index is 1.85. The van der Waals surface area contributed by atoms with Crippen LogP contribution in [0.5, 0.6) is 0 Å². The number of pyridine rings is 1. The third-order valence-electron chi connectivity index (χ3n) is 3.11. The van der Waals surface area contributed by atoms with E-state index >= 15 is 0 Å². The average molecular weight is 327 g/mol. The Bertz CT molecular complexity index is 917. The van der Waals surface area contributed by atoms with Gasteiger partial charge in [-0.3, -0.25) is 19.9 Å². The van der Waals surface area contributed by atoms with Gasteiger partial charge in [-0.05, 0) is 25.1 Å². The minimum absolute atomic E-state index is 0.152. The molecule has 116 valence electrons. The van der Waals surface area contributed by atoms with Crippen LogP contribution in [0.3, 0.4) is 0 Å². The van der Waals surface area contributed by atoms with Gasteiger partial charge in [0.15, 0.2) is 5.13 Å². The Morgan fingerprint density at radius 2 is 2.09 bits per heavy atom. The number of hydrogen-bond acceptors (Lipinski definition) is 6. The van der Waals surface area contributed by atoms with Crippen molar-refractivity contribution in [2.45, 2.75) is 6.92 Å². The van der Waals surface area contributed by atoms with E-state index in [2.05, 4.69) is 20.4 Å². The molecule has 0 aliphatic carbocycles. The molecule has 0 radical (unpaired) electrons. The fourth-order valence-electron chi connectivity index (χ4n) is 1.97. The van der Waals surface area contributed by atoms with Gasteiger partial charge in [-0.25, -0.2) is 9.67 Å². The molecular weight excluding hydrogens is 314 g/mol. The number of aromatic nitrogens is 4. The van der Waals surface area contributed by atoms with Gasteiger partial charge >= 0.3 is 0 Å². The predicted octanol–water partition coefficient (Wildman–Crippen LogP) is 1.86. The quantitative estimate of drug-likeness (QED) is 0.793. The van der Waals surface area contributed by atoms with Crippen LogP contribution in [0.25, 0.3) is 10.6 Å². The molecule has 3 aromatic rings. The van der Waals surface area contributed by atoms with Crippen LogP contribution < -0.4 is 10.9 Å². The fourth-order valence-corrected chi connectivity index (χ4v) is 2.91. The summed E-state index contributed by atoms with van der Waals surface area (Å²) in [5, 5.41) is 7.07. The lowest BCUT2D eigenvalue weighted by molar-refractivity contribution is 0.102. The molecule has 0 unspecified atom stereocenters. The zero-order valence-corrected chi connectivity index (χ0v) is 13.3. The van der Waals surface area contributed by atoms with Gasteiger partial charge in [-0.2, -0.15) is 5.10 Å². The molecule has 0 saturated heterocycles. The summed E-state index contributed by atoms with van der Waals surface area (Å²) in [6.07, 6.45) is 1.71. The Morgan fingerprint density at radius 3 is 2.78 bits per heavy atom. The predicted molar refractivity (Wildman–Crippen MR) is 87.5 cm³/mol. The summed E-state index contributed by atoms with van der Waals surface area (Å²) in [5.74, 6) is -0.415. The first-order valence-electron chi connectivity index (χ1n) is 6.79. The third kappa shape index (κ3) is 3.16. The first-order chi connectivity index (χ1) is 11.0. The lowest BCUT2D eigenvalue weighted by Gasteiger charge is -2.02. The summed E-state index contributed by atoms with van der Waals surface area (Å²) in [6.45, 7) is 1.86. The van der Waals surface area contributed by atoms with Crippen molar-refractivity contribution in [3.63, 3.8) is 0 Å². The lowest BCUT2D eigenvalue weighted by atomic mass is 10.3. The normalized spacial score (nSPS) is 10.5. The number of carbonyl (C=O) groups is 1. The second-order valence-corrected chi connectivity index (χ2v) is 5.78. The zero-order chi connectivity index (χ0) is 16.4. The van der Waals surface area contributed by atoms with Crippen molar-refractivity contribution in [2.75, 3.05) is 5.32 Å². The molecular formula is C15H13N5O2S. The van der Waals surface area contributed by atoms with E-state index in [0.29, 0.717) is 5.13 Å². The smallest absolute Gasteiger partial charge is 0.277 e. The van der Waals surface area contributed by atoms with Crippen molar-refractivity contribution in [1.29, 1.82) is 0 Å². The van der Waals surface area contributed by atoms with Gasteiger partial charge in [0.2, 0.25) is 0 Å². The summed E-state index contributed by atoms with van der Waals surface area (Å²) in [5.41, 5.74) is 1.48. The van der Waals surface area contributed by atoms with E-state index in [-0.39, 0.29) is 11.3 Å². The van der Waals surface area contributed by atoms with Crippen molar-refractivity contribution in [1.82, 2.24) is 19.7 Å². The molecule has 0 aliphatic heterocycles. The van der Waals surface area contributed by atoms with Crippen LogP contribution in [-0.2, 0) is 7.05 Å². The number of rotatable bonds is 3. The Hall–Kier alpha value is -2.87. The number of aryl methyl sites for hydroxylation is 2. The van der Waals surface area contributed by atoms with Gasteiger partial charge in [0.1, 0.15) is 5.69 Å². The summed E-state index contributed by atoms with van der Waals surface area (Å²) in [4.78, 5) is 33.0. The first kappa shape index (κ1) is 15.0. The van der Waals surface area contributed by atoms with Crippen LogP contribution in [0.2, 0.25) is 0 Å². The summed E-state index contributed by atoms with van der Waals surface area (Å²) >= 11 is 1.34. The molecule has 0 spiro atoms. The van der Waals surface area contributed by atoms with Crippen LogP contribution in [0.1, 0.15) is 16.2 Å². The molecule has 0 saturated carbocycles. The van der Waals surface area contributed by atoms with E-state index in [9.17, 15) is 9.59 Å². The molecule has 23 heavy (non-hydrogen) atoms. The van der Waals surface area contributed by atoms with E-state index in [4.69, 9.17) is 0 Å². The maximum Gasteiger partial charge on any atom is 0.277 e. The Kier molecular flexibility index (Phi) is 3.98. The minimum Gasteiger partial charge on any atom is -0.296 e. The highest BCUT2D eigenvalue weighted by Gasteiger charge is 2.15. The second-order valence-electron chi connectivity index (χ2n) is 4.78. The molecule has 8 heteroatoms. The minimum atomic E-state index is -0.415. The van der Waals surface area contributed by atoms with E-state index in [0.717, 1.165) is 20.9 Å². The van der Waals surface area contributed by atoms with E-state index in [1.54, 1.807) is 6.20 Å². The standard InChI is InChI=1S/C15H13N5O2S/c1-9-13(10-5-3-4-8-16-10)23-15(17-9)18-14(22)11-6-7-12(21)20(2)19-11/h3-8H,1-2H3,(H,17,18,22). The number of anilines is 1. The third-order valence-corrected chi connectivity index (χ3v) is 4.20. The van der Waals surface area contributed by atoms with Gasteiger partial charge in [0.25, 0.3) is 11.5 Å². The molecule has 1 amide bonds. The number of nitrogens with one attached hydrogen (secondary N) is 1. The lowest BCUT2D eigenvalue weighted by Crippen LogP contribution is -2.23. The van der Waals surface area contributed by atoms with Crippen LogP contribution in [0.15, 0.2) is 41.3 Å². The topological polar surface area (TPSA) is 89.8 Å². The highest BCUT2D eigenvalue weighted by Crippen LogP contribution is 2.31. The summed E-state index contributed by atoms with van der Waals surface area (Å²) in [7, 11) is 1.49. The SMILES string of the molecule is Cc1nc(NC(=O)c2ccc(=O)n(C)n2)sc1-c1ccccn1. The van der Waals surface area contributed by atoms with E-state index in [1.165, 1.54) is 30.5 Å². The highest BCUT2D eigenvalue weighted by molar-refractivity contribution is 7.19. The summed E-state index contributed by atoms with van der Waals surface area (Å²) in [6, 6.07) is 8.31. The maximum absolute atomic E-state index is 12.2. The monoisotopic (exact) mass is 327 g/mol. The number of hydrogen-bond donors (Lipinski definition) is 1. The first-order valence-corrected chi connectivity index (χ1v) is 7.61. The molecule has 0 aliphatic rings. The zero-order valence-electron chi connectivity index (χ0n) is 12.5. The molecule has 3 rings (SSSR count). The number of nitrogens with zero attached hydrogens (tertiary/aromatic N) is 4. The molecule has 0 fully saturated rings. The largest absolute Gasteiger partial charge is 0.296 e. The molecule has 7 nitrogen and oxygen atoms in total. The Labute approximate surface area is 135 Å². The van der Waals surface area contributed by atoms with Crippen molar-refractivity contribution in [3.05, 3.63) is 58.3 Å². The van der Waals surface area contributed by atoms with Crippen LogP contribution in [0, 0.1) is 6.92 Å². The van der Waals surface area contributed by atoms with Crippen molar-refractivity contribution >= 4 is 22.4 Å². The fraction of sp³-hybridized carbons (Fsp3) is 0.133. The van der Waals surface area contributed by atoms with Gasteiger partial charge in [0.05, 0.1) is 16.3 Å². The van der Waals surface area contributed by atoms with Gasteiger partial charge in [0, 0.05) is 19.3 Å². The van der Waals surface area contributed by atoms with Crippen molar-refractivity contribution in [3.8, 4) is 10.6 Å². The molecule has 3 heterocycles. The van der Waals surface area contributed by atoms with E-state index in [1.807, 2.05) is 25.1 Å². The molecule has 1 N–H and O–H groups in total. The van der Waals surface area contributed by atoms with Gasteiger partial charge in [-0.15, -0.1) is 0 Å². The average Bonchev–Trinajstić information content (AvgIpc) is 2.91. The van der Waals surface area contributed by atoms with Gasteiger partial charge in [-0.1, -0.05) is 17.4 Å². The van der Waals surface area contributed by atoms with Gasteiger partial charge < -0.3 is 0 Å². The summed E-state index contributed by atoms with van der Waals surface area (Å²) < 4.78 is 1.11. The van der Waals surface area contributed by atoms with Crippen LogP contribution >= 0.6 is 11.3 Å². The molecule has 0 atom stereocenters.